The molecule has 9 heavy (non-hydrogen) atoms. The van der Waals surface area contributed by atoms with Crippen LogP contribution in [0.5, 0.6) is 0 Å². The molecular weight excluding hydrogens is 114 g/mol. The summed E-state index contributed by atoms with van der Waals surface area (Å²) in [5.41, 5.74) is 0. The number of hydrogen-bond donors (Lipinski definition) is 0. The van der Waals surface area contributed by atoms with Crippen molar-refractivity contribution in [3.63, 3.8) is 0 Å². The minimum Gasteiger partial charge on any atom is -0.380 e. The van der Waals surface area contributed by atoms with Crippen molar-refractivity contribution in [2.45, 2.75) is 26.0 Å². The fraction of sp³-hybridized carbons (Fsp3) is 1.00. The summed E-state index contributed by atoms with van der Waals surface area (Å²) in [6.07, 6.45) is 0.319. The Morgan fingerprint density at radius 2 is 1.67 bits per heavy atom. The Balaban J connectivity index is 3.58. The lowest BCUT2D eigenvalue weighted by Gasteiger charge is -2.24. The maximum atomic E-state index is 5.13. The van der Waals surface area contributed by atoms with Gasteiger partial charge < -0.3 is 9.64 Å². The molecule has 0 fully saturated rings. The molecule has 0 bridgehead atoms. The molecule has 0 aromatic carbocycles. The van der Waals surface area contributed by atoms with Crippen LogP contribution in [0.3, 0.4) is 0 Å². The van der Waals surface area contributed by atoms with Crippen molar-refractivity contribution in [3.8, 4) is 0 Å². The first-order chi connectivity index (χ1) is 4.09. The number of nitrogens with zero attached hydrogens (tertiary/aromatic N) is 1. The lowest BCUT2D eigenvalue weighted by Crippen LogP contribution is -2.35. The average Bonchev–Trinajstić information content (AvgIpc) is 1.84. The van der Waals surface area contributed by atoms with Gasteiger partial charge in [-0.1, -0.05) is 0 Å². The SMILES string of the molecule is CO[C@H](C)[C@@H](C)N(C)C. The molecule has 0 spiro atoms. The third-order valence-corrected chi connectivity index (χ3v) is 1.87. The highest BCUT2D eigenvalue weighted by Crippen LogP contribution is 2.00. The number of rotatable bonds is 3. The van der Waals surface area contributed by atoms with E-state index in [0.29, 0.717) is 12.1 Å². The van der Waals surface area contributed by atoms with Crippen LogP contribution in [0, 0.1) is 0 Å². The van der Waals surface area contributed by atoms with Gasteiger partial charge in [-0.25, -0.2) is 0 Å². The van der Waals surface area contributed by atoms with Crippen molar-refractivity contribution in [2.75, 3.05) is 21.2 Å². The Hall–Kier alpha value is -0.0800. The van der Waals surface area contributed by atoms with Crippen LogP contribution in [0.2, 0.25) is 0 Å². The third-order valence-electron chi connectivity index (χ3n) is 1.87. The van der Waals surface area contributed by atoms with Crippen molar-refractivity contribution < 1.29 is 4.74 Å². The first-order valence-electron chi connectivity index (χ1n) is 3.28. The summed E-state index contributed by atoms with van der Waals surface area (Å²) in [5.74, 6) is 0. The van der Waals surface area contributed by atoms with E-state index in [-0.39, 0.29) is 0 Å². The molecule has 0 heterocycles. The first-order valence-corrected chi connectivity index (χ1v) is 3.28. The molecule has 0 aromatic rings. The van der Waals surface area contributed by atoms with Gasteiger partial charge in [-0.15, -0.1) is 0 Å². The molecule has 2 heteroatoms. The van der Waals surface area contributed by atoms with Gasteiger partial charge in [0.25, 0.3) is 0 Å². The monoisotopic (exact) mass is 131 g/mol. The lowest BCUT2D eigenvalue weighted by molar-refractivity contribution is 0.0533. The molecule has 0 aliphatic carbocycles. The molecule has 0 rings (SSSR count). The van der Waals surface area contributed by atoms with E-state index in [4.69, 9.17) is 4.74 Å². The van der Waals surface area contributed by atoms with Gasteiger partial charge in [0.05, 0.1) is 6.10 Å². The second kappa shape index (κ2) is 3.85. The Kier molecular flexibility index (Phi) is 3.82. The first kappa shape index (κ1) is 8.92. The maximum Gasteiger partial charge on any atom is 0.0695 e. The average molecular weight is 131 g/mol. The summed E-state index contributed by atoms with van der Waals surface area (Å²) in [5, 5.41) is 0. The van der Waals surface area contributed by atoms with Gasteiger partial charge in [-0.05, 0) is 27.9 Å². The minimum atomic E-state index is 0.319. The second-order valence-corrected chi connectivity index (χ2v) is 2.65. The molecule has 2 atom stereocenters. The molecule has 56 valence electrons. The van der Waals surface area contributed by atoms with E-state index in [1.165, 1.54) is 0 Å². The smallest absolute Gasteiger partial charge is 0.0695 e. The van der Waals surface area contributed by atoms with Crippen LogP contribution >= 0.6 is 0 Å². The molecule has 0 aliphatic heterocycles. The van der Waals surface area contributed by atoms with Crippen molar-refractivity contribution >= 4 is 0 Å². The summed E-state index contributed by atoms with van der Waals surface area (Å²) in [4.78, 5) is 2.15. The molecule has 0 aromatic heterocycles. The van der Waals surface area contributed by atoms with Gasteiger partial charge >= 0.3 is 0 Å². The van der Waals surface area contributed by atoms with Crippen LogP contribution in [0.4, 0.5) is 0 Å². The van der Waals surface area contributed by atoms with Gasteiger partial charge in [0.2, 0.25) is 0 Å². The summed E-state index contributed by atoms with van der Waals surface area (Å²) in [6.45, 7) is 4.22. The van der Waals surface area contributed by atoms with Gasteiger partial charge in [0.1, 0.15) is 0 Å². The Bertz CT molecular complexity index is 73.3. The van der Waals surface area contributed by atoms with Gasteiger partial charge in [0.15, 0.2) is 0 Å². The molecule has 0 saturated carbocycles. The van der Waals surface area contributed by atoms with E-state index >= 15 is 0 Å². The maximum absolute atomic E-state index is 5.13. The number of methoxy groups -OCH3 is 1. The van der Waals surface area contributed by atoms with Crippen LogP contribution in [0.25, 0.3) is 0 Å². The molecule has 0 unspecified atom stereocenters. The predicted octanol–water partition coefficient (Wildman–Crippen LogP) is 0.971. The van der Waals surface area contributed by atoms with Crippen LogP contribution in [-0.4, -0.2) is 38.3 Å². The zero-order chi connectivity index (χ0) is 7.44. The molecule has 0 aliphatic rings. The zero-order valence-corrected chi connectivity index (χ0v) is 7.01. The van der Waals surface area contributed by atoms with E-state index in [0.717, 1.165) is 0 Å². The fourth-order valence-corrected chi connectivity index (χ4v) is 0.617. The largest absolute Gasteiger partial charge is 0.380 e. The second-order valence-electron chi connectivity index (χ2n) is 2.65. The molecule has 0 saturated heterocycles. The summed E-state index contributed by atoms with van der Waals surface area (Å²) >= 11 is 0. The highest BCUT2D eigenvalue weighted by molar-refractivity contribution is 4.66. The third kappa shape index (κ3) is 2.82. The molecule has 2 nitrogen and oxygen atoms in total. The van der Waals surface area contributed by atoms with Crippen LogP contribution in [0.15, 0.2) is 0 Å². The van der Waals surface area contributed by atoms with Crippen molar-refractivity contribution in [1.29, 1.82) is 0 Å². The van der Waals surface area contributed by atoms with E-state index in [1.54, 1.807) is 7.11 Å². The molecule has 0 radical (unpaired) electrons. The van der Waals surface area contributed by atoms with Gasteiger partial charge in [0, 0.05) is 13.2 Å². The summed E-state index contributed by atoms with van der Waals surface area (Å²) in [6, 6.07) is 0.495. The van der Waals surface area contributed by atoms with E-state index < -0.39 is 0 Å². The Morgan fingerprint density at radius 1 is 1.22 bits per heavy atom. The number of ether oxygens (including phenoxy) is 1. The fourth-order valence-electron chi connectivity index (χ4n) is 0.617. The van der Waals surface area contributed by atoms with E-state index in [2.05, 4.69) is 32.8 Å². The molecule has 0 amide bonds. The number of hydrogen-bond acceptors (Lipinski definition) is 2. The molecular formula is C7H17NO. The molecule has 0 N–H and O–H groups in total. The topological polar surface area (TPSA) is 12.5 Å². The van der Waals surface area contributed by atoms with Crippen LogP contribution in [0.1, 0.15) is 13.8 Å². The summed E-state index contributed by atoms with van der Waals surface area (Å²) < 4.78 is 5.13. The number of likely N-dealkylation sites (N-methyl/N-ethyl adjacent to an activating group) is 1. The normalized spacial score (nSPS) is 18.0. The standard InChI is InChI=1S/C7H17NO/c1-6(8(3)4)7(2)9-5/h6-7H,1-5H3/t6-,7-/m1/s1. The predicted molar refractivity (Wildman–Crippen MR) is 39.6 cm³/mol. The van der Waals surface area contributed by atoms with Gasteiger partial charge in [-0.2, -0.15) is 0 Å². The highest BCUT2D eigenvalue weighted by atomic mass is 16.5. The van der Waals surface area contributed by atoms with E-state index in [9.17, 15) is 0 Å². The minimum absolute atomic E-state index is 0.319. The Morgan fingerprint density at radius 3 is 1.78 bits per heavy atom. The van der Waals surface area contributed by atoms with Crippen molar-refractivity contribution in [2.24, 2.45) is 0 Å². The summed E-state index contributed by atoms with van der Waals surface area (Å²) in [7, 11) is 5.85. The zero-order valence-electron chi connectivity index (χ0n) is 7.01. The van der Waals surface area contributed by atoms with Crippen LogP contribution in [-0.2, 0) is 4.74 Å². The van der Waals surface area contributed by atoms with E-state index in [1.807, 2.05) is 0 Å². The lowest BCUT2D eigenvalue weighted by atomic mass is 10.2. The quantitative estimate of drug-likeness (QED) is 0.566. The Labute approximate surface area is 57.8 Å². The van der Waals surface area contributed by atoms with Crippen molar-refractivity contribution in [3.05, 3.63) is 0 Å². The van der Waals surface area contributed by atoms with Gasteiger partial charge in [-0.3, -0.25) is 0 Å². The van der Waals surface area contributed by atoms with Crippen LogP contribution < -0.4 is 0 Å². The van der Waals surface area contributed by atoms with Crippen molar-refractivity contribution in [1.82, 2.24) is 4.90 Å². The highest BCUT2D eigenvalue weighted by Gasteiger charge is 2.11.